The molecule has 6 N–H and O–H groups in total. The summed E-state index contributed by atoms with van der Waals surface area (Å²) in [5.41, 5.74) is 38.2. The first kappa shape index (κ1) is 30.6. The van der Waals surface area contributed by atoms with Crippen molar-refractivity contribution in [3.05, 3.63) is 162 Å². The molecule has 0 heterocycles. The Morgan fingerprint density at radius 3 is 0.729 bits per heavy atom. The highest BCUT2D eigenvalue weighted by Gasteiger charge is 2.29. The second-order valence-corrected chi connectivity index (χ2v) is 12.7. The van der Waals surface area contributed by atoms with Crippen molar-refractivity contribution < 1.29 is 0 Å². The maximum atomic E-state index is 6.30. The van der Waals surface area contributed by atoms with Gasteiger partial charge in [-0.05, 0) is 124 Å². The molecule has 0 atom stereocenters. The third kappa shape index (κ3) is 5.83. The first-order valence-electron chi connectivity index (χ1n) is 16.3. The minimum atomic E-state index is 0.724. The summed E-state index contributed by atoms with van der Waals surface area (Å²) in [5, 5.41) is 0. The summed E-state index contributed by atoms with van der Waals surface area (Å²) in [6.07, 6.45) is 0. The van der Waals surface area contributed by atoms with Gasteiger partial charge < -0.3 is 17.2 Å². The molecule has 0 aliphatic heterocycles. The Bertz CT molecular complexity index is 1980. The molecule has 0 unspecified atom stereocenters. The van der Waals surface area contributed by atoms with Crippen LogP contribution < -0.4 is 17.2 Å². The molecule has 0 fully saturated rings. The molecular formula is C45H39N3. The summed E-state index contributed by atoms with van der Waals surface area (Å²) in [5.74, 6) is 0. The number of anilines is 3. The molecule has 3 nitrogen and oxygen atoms in total. The summed E-state index contributed by atoms with van der Waals surface area (Å²) >= 11 is 0. The molecule has 0 aliphatic carbocycles. The average Bonchev–Trinajstić information content (AvgIpc) is 3.08. The van der Waals surface area contributed by atoms with Crippen molar-refractivity contribution in [3.8, 4) is 66.8 Å². The van der Waals surface area contributed by atoms with Crippen LogP contribution >= 0.6 is 0 Å². The van der Waals surface area contributed by atoms with Crippen LogP contribution in [0.2, 0.25) is 0 Å². The minimum absolute atomic E-state index is 0.724. The van der Waals surface area contributed by atoms with E-state index >= 15 is 0 Å². The second kappa shape index (κ2) is 12.6. The number of aryl methyl sites for hydroxylation is 3. The van der Waals surface area contributed by atoms with Gasteiger partial charge in [0.05, 0.1) is 0 Å². The fraction of sp³-hybridized carbons (Fsp3) is 0.0667. The molecule has 0 spiro atoms. The van der Waals surface area contributed by atoms with Crippen LogP contribution in [0.4, 0.5) is 17.1 Å². The predicted molar refractivity (Wildman–Crippen MR) is 207 cm³/mol. The number of nitrogens with two attached hydrogens (primary N) is 3. The molecule has 7 aromatic rings. The van der Waals surface area contributed by atoms with Crippen LogP contribution in [0.15, 0.2) is 146 Å². The van der Waals surface area contributed by atoms with E-state index in [0.717, 1.165) is 83.8 Å². The van der Waals surface area contributed by atoms with Crippen LogP contribution in [0.1, 0.15) is 16.7 Å². The van der Waals surface area contributed by atoms with Crippen LogP contribution in [0.3, 0.4) is 0 Å². The first-order chi connectivity index (χ1) is 23.3. The van der Waals surface area contributed by atoms with Gasteiger partial charge in [-0.25, -0.2) is 0 Å². The van der Waals surface area contributed by atoms with E-state index in [1.54, 1.807) is 0 Å². The van der Waals surface area contributed by atoms with Gasteiger partial charge in [0.25, 0.3) is 0 Å². The van der Waals surface area contributed by atoms with E-state index in [0.29, 0.717) is 0 Å². The molecule has 0 bridgehead atoms. The normalized spacial score (nSPS) is 11.1. The Hall–Kier alpha value is -6.06. The summed E-state index contributed by atoms with van der Waals surface area (Å²) in [4.78, 5) is 0. The molecule has 0 amide bonds. The van der Waals surface area contributed by atoms with Crippen molar-refractivity contribution in [3.63, 3.8) is 0 Å². The Balaban J connectivity index is 1.83. The lowest BCUT2D eigenvalue weighted by Gasteiger charge is -2.29. The average molecular weight is 622 g/mol. The van der Waals surface area contributed by atoms with Gasteiger partial charge in [-0.15, -0.1) is 0 Å². The molecule has 0 saturated carbocycles. The maximum absolute atomic E-state index is 6.30. The number of rotatable bonds is 6. The van der Waals surface area contributed by atoms with Gasteiger partial charge in [0.1, 0.15) is 0 Å². The van der Waals surface area contributed by atoms with Crippen molar-refractivity contribution in [2.24, 2.45) is 0 Å². The Morgan fingerprint density at radius 1 is 0.271 bits per heavy atom. The van der Waals surface area contributed by atoms with Crippen molar-refractivity contribution in [1.82, 2.24) is 0 Å². The molecule has 48 heavy (non-hydrogen) atoms. The number of hydrogen-bond donors (Lipinski definition) is 3. The quantitative estimate of drug-likeness (QED) is 0.162. The van der Waals surface area contributed by atoms with Crippen molar-refractivity contribution in [1.29, 1.82) is 0 Å². The molecule has 3 heteroatoms. The highest BCUT2D eigenvalue weighted by atomic mass is 14.5. The van der Waals surface area contributed by atoms with Gasteiger partial charge in [0, 0.05) is 17.1 Å². The molecule has 0 radical (unpaired) electrons. The lowest BCUT2D eigenvalue weighted by atomic mass is 9.74. The summed E-state index contributed by atoms with van der Waals surface area (Å²) in [7, 11) is 0. The van der Waals surface area contributed by atoms with Crippen molar-refractivity contribution in [2.45, 2.75) is 20.8 Å². The monoisotopic (exact) mass is 621 g/mol. The third-order valence-corrected chi connectivity index (χ3v) is 9.02. The van der Waals surface area contributed by atoms with Gasteiger partial charge in [-0.2, -0.15) is 0 Å². The molecule has 0 saturated heterocycles. The van der Waals surface area contributed by atoms with Crippen molar-refractivity contribution >= 4 is 17.1 Å². The van der Waals surface area contributed by atoms with E-state index < -0.39 is 0 Å². The van der Waals surface area contributed by atoms with Crippen LogP contribution in [-0.4, -0.2) is 0 Å². The van der Waals surface area contributed by atoms with Crippen molar-refractivity contribution in [2.75, 3.05) is 17.2 Å². The van der Waals surface area contributed by atoms with E-state index in [9.17, 15) is 0 Å². The van der Waals surface area contributed by atoms with Gasteiger partial charge in [0.15, 0.2) is 0 Å². The first-order valence-corrected chi connectivity index (χ1v) is 16.3. The van der Waals surface area contributed by atoms with Gasteiger partial charge in [0.2, 0.25) is 0 Å². The van der Waals surface area contributed by atoms with Crippen LogP contribution in [-0.2, 0) is 0 Å². The highest BCUT2D eigenvalue weighted by Crippen LogP contribution is 2.56. The standard InChI is InChI=1S/C45H39N3/c1-28-7-4-10-34(25-28)43-40(31-13-19-37(46)20-14-31)44(35-11-5-8-29(2)26-35)42(33-17-23-39(48)24-18-33)45(36-12-6-9-30(3)27-36)41(43)32-15-21-38(47)22-16-32/h4-27H,46-48H2,1-3H3. The van der Waals surface area contributed by atoms with E-state index in [2.05, 4.69) is 130 Å². The van der Waals surface area contributed by atoms with E-state index in [1.807, 2.05) is 36.4 Å². The largest absolute Gasteiger partial charge is 0.399 e. The lowest BCUT2D eigenvalue weighted by molar-refractivity contribution is 1.44. The predicted octanol–water partition coefficient (Wildman–Crippen LogP) is 11.4. The van der Waals surface area contributed by atoms with Crippen LogP contribution in [0.5, 0.6) is 0 Å². The smallest absolute Gasteiger partial charge is 0.0314 e. The van der Waals surface area contributed by atoms with Crippen LogP contribution in [0.25, 0.3) is 66.8 Å². The zero-order chi connectivity index (χ0) is 33.4. The van der Waals surface area contributed by atoms with E-state index in [-0.39, 0.29) is 0 Å². The minimum Gasteiger partial charge on any atom is -0.399 e. The molecule has 7 aromatic carbocycles. The topological polar surface area (TPSA) is 78.1 Å². The maximum Gasteiger partial charge on any atom is 0.0314 e. The molecule has 0 aromatic heterocycles. The van der Waals surface area contributed by atoms with E-state index in [1.165, 1.54) is 16.7 Å². The SMILES string of the molecule is Cc1cccc(-c2c(-c3ccc(N)cc3)c(-c3cccc(C)c3)c(-c3ccc(N)cc3)c(-c3cccc(C)c3)c2-c2ccc(N)cc2)c1. The Kier molecular flexibility index (Phi) is 8.04. The summed E-state index contributed by atoms with van der Waals surface area (Å²) < 4.78 is 0. The second-order valence-electron chi connectivity index (χ2n) is 12.7. The van der Waals surface area contributed by atoms with Gasteiger partial charge >= 0.3 is 0 Å². The Morgan fingerprint density at radius 2 is 0.500 bits per heavy atom. The number of nitrogen functional groups attached to an aromatic ring is 3. The number of benzene rings is 7. The third-order valence-electron chi connectivity index (χ3n) is 9.02. The zero-order valence-corrected chi connectivity index (χ0v) is 27.6. The molecule has 7 rings (SSSR count). The van der Waals surface area contributed by atoms with Gasteiger partial charge in [-0.3, -0.25) is 0 Å². The summed E-state index contributed by atoms with van der Waals surface area (Å²) in [6, 6.07) is 51.3. The van der Waals surface area contributed by atoms with Gasteiger partial charge in [-0.1, -0.05) is 126 Å². The fourth-order valence-electron chi connectivity index (χ4n) is 6.83. The lowest BCUT2D eigenvalue weighted by Crippen LogP contribution is -2.03. The van der Waals surface area contributed by atoms with E-state index in [4.69, 9.17) is 17.2 Å². The fourth-order valence-corrected chi connectivity index (χ4v) is 6.83. The molecular weight excluding hydrogens is 583 g/mol. The Labute approximate surface area is 283 Å². The molecule has 0 aliphatic rings. The van der Waals surface area contributed by atoms with Crippen LogP contribution in [0, 0.1) is 20.8 Å². The highest BCUT2D eigenvalue weighted by molar-refractivity contribution is 6.15. The zero-order valence-electron chi connectivity index (χ0n) is 27.6. The molecule has 234 valence electrons. The number of hydrogen-bond acceptors (Lipinski definition) is 3. The summed E-state index contributed by atoms with van der Waals surface area (Å²) in [6.45, 7) is 6.46.